The van der Waals surface area contributed by atoms with E-state index in [4.69, 9.17) is 4.74 Å². The van der Waals surface area contributed by atoms with E-state index in [9.17, 15) is 9.59 Å². The van der Waals surface area contributed by atoms with Crippen LogP contribution in [0.25, 0.3) is 0 Å². The summed E-state index contributed by atoms with van der Waals surface area (Å²) in [6, 6.07) is 7.89. The van der Waals surface area contributed by atoms with Crippen LogP contribution in [-0.4, -0.2) is 35.8 Å². The summed E-state index contributed by atoms with van der Waals surface area (Å²) in [4.78, 5) is 25.3. The minimum atomic E-state index is 0.0893. The number of hydrogen-bond donors (Lipinski definition) is 0. The Labute approximate surface area is 126 Å². The van der Waals surface area contributed by atoms with Gasteiger partial charge in [0.1, 0.15) is 11.5 Å². The van der Waals surface area contributed by atoms with E-state index < -0.39 is 0 Å². The van der Waals surface area contributed by atoms with Crippen LogP contribution in [0.15, 0.2) is 24.3 Å². The number of likely N-dealkylation sites (tertiary alicyclic amines) is 1. The molecule has 1 aliphatic rings. The standard InChI is InChI=1S/C17H23NO3/c1-13-5-3-7-16(11-13)21-10-8-17(20)18-9-4-6-15(18)12-14(2)19/h3,5,7,11,15H,4,6,8-10,12H2,1-2H3. The number of carbonyl (C=O) groups is 2. The molecule has 1 saturated heterocycles. The van der Waals surface area contributed by atoms with Crippen molar-refractivity contribution in [2.24, 2.45) is 0 Å². The molecule has 0 aromatic heterocycles. The van der Waals surface area contributed by atoms with E-state index in [0.29, 0.717) is 19.4 Å². The van der Waals surface area contributed by atoms with E-state index in [1.165, 1.54) is 0 Å². The molecule has 0 spiro atoms. The van der Waals surface area contributed by atoms with Crippen molar-refractivity contribution in [2.45, 2.75) is 45.6 Å². The van der Waals surface area contributed by atoms with Crippen LogP contribution in [0.1, 0.15) is 38.2 Å². The van der Waals surface area contributed by atoms with Crippen LogP contribution in [0.3, 0.4) is 0 Å². The van der Waals surface area contributed by atoms with Crippen molar-refractivity contribution in [1.82, 2.24) is 4.90 Å². The molecular weight excluding hydrogens is 266 g/mol. The summed E-state index contributed by atoms with van der Waals surface area (Å²) in [6.45, 7) is 4.74. The average molecular weight is 289 g/mol. The predicted octanol–water partition coefficient (Wildman–Crippen LogP) is 2.73. The van der Waals surface area contributed by atoms with E-state index in [2.05, 4.69) is 0 Å². The van der Waals surface area contributed by atoms with Gasteiger partial charge < -0.3 is 9.64 Å². The highest BCUT2D eigenvalue weighted by molar-refractivity contribution is 5.80. The number of aryl methyl sites for hydroxylation is 1. The van der Waals surface area contributed by atoms with Gasteiger partial charge in [0.2, 0.25) is 5.91 Å². The summed E-state index contributed by atoms with van der Waals surface area (Å²) in [7, 11) is 0. The van der Waals surface area contributed by atoms with Crippen LogP contribution in [0.2, 0.25) is 0 Å². The van der Waals surface area contributed by atoms with Gasteiger partial charge in [0, 0.05) is 19.0 Å². The molecule has 1 aromatic rings. The Morgan fingerprint density at radius 2 is 2.19 bits per heavy atom. The molecule has 0 bridgehead atoms. The second kappa shape index (κ2) is 7.25. The lowest BCUT2D eigenvalue weighted by molar-refractivity contribution is -0.133. The van der Waals surface area contributed by atoms with E-state index >= 15 is 0 Å². The first-order chi connectivity index (χ1) is 10.1. The molecule has 0 saturated carbocycles. The highest BCUT2D eigenvalue weighted by atomic mass is 16.5. The maximum absolute atomic E-state index is 12.2. The molecular formula is C17H23NO3. The smallest absolute Gasteiger partial charge is 0.226 e. The highest BCUT2D eigenvalue weighted by Crippen LogP contribution is 2.21. The third kappa shape index (κ3) is 4.59. The fourth-order valence-corrected chi connectivity index (χ4v) is 2.81. The predicted molar refractivity (Wildman–Crippen MR) is 81.3 cm³/mol. The van der Waals surface area contributed by atoms with Crippen LogP contribution in [0.5, 0.6) is 5.75 Å². The number of ether oxygens (including phenoxy) is 1. The summed E-state index contributed by atoms with van der Waals surface area (Å²) >= 11 is 0. The van der Waals surface area contributed by atoms with Gasteiger partial charge in [0.25, 0.3) is 0 Å². The number of ketones is 1. The van der Waals surface area contributed by atoms with Crippen molar-refractivity contribution in [1.29, 1.82) is 0 Å². The first kappa shape index (κ1) is 15.5. The van der Waals surface area contributed by atoms with Gasteiger partial charge in [0.15, 0.2) is 0 Å². The Bertz CT molecular complexity index is 513. The third-order valence-electron chi connectivity index (χ3n) is 3.79. The van der Waals surface area contributed by atoms with Crippen molar-refractivity contribution in [3.8, 4) is 5.75 Å². The lowest BCUT2D eigenvalue weighted by Gasteiger charge is -2.24. The summed E-state index contributed by atoms with van der Waals surface area (Å²) in [6.07, 6.45) is 2.76. The summed E-state index contributed by atoms with van der Waals surface area (Å²) in [5, 5.41) is 0. The van der Waals surface area contributed by atoms with Crippen LogP contribution in [-0.2, 0) is 9.59 Å². The molecule has 1 aliphatic heterocycles. The average Bonchev–Trinajstić information content (AvgIpc) is 2.86. The molecule has 4 nitrogen and oxygen atoms in total. The molecule has 0 aliphatic carbocycles. The number of rotatable bonds is 6. The van der Waals surface area contributed by atoms with Crippen LogP contribution >= 0.6 is 0 Å². The van der Waals surface area contributed by atoms with Crippen LogP contribution < -0.4 is 4.74 Å². The van der Waals surface area contributed by atoms with Gasteiger partial charge in [-0.15, -0.1) is 0 Å². The SMILES string of the molecule is CC(=O)CC1CCCN1C(=O)CCOc1cccc(C)c1. The molecule has 1 heterocycles. The van der Waals surface area contributed by atoms with Gasteiger partial charge in [-0.2, -0.15) is 0 Å². The summed E-state index contributed by atoms with van der Waals surface area (Å²) in [5.74, 6) is 1.03. The Balaban J connectivity index is 1.80. The second-order valence-electron chi connectivity index (χ2n) is 5.70. The van der Waals surface area contributed by atoms with Crippen molar-refractivity contribution in [3.63, 3.8) is 0 Å². The van der Waals surface area contributed by atoms with Gasteiger partial charge in [-0.25, -0.2) is 0 Å². The lowest BCUT2D eigenvalue weighted by Crippen LogP contribution is -2.37. The molecule has 114 valence electrons. The largest absolute Gasteiger partial charge is 0.493 e. The minimum absolute atomic E-state index is 0.0893. The van der Waals surface area contributed by atoms with Crippen LogP contribution in [0, 0.1) is 6.92 Å². The normalized spacial score (nSPS) is 17.8. The Morgan fingerprint density at radius 3 is 2.90 bits per heavy atom. The quantitative estimate of drug-likeness (QED) is 0.809. The van der Waals surface area contributed by atoms with E-state index in [1.807, 2.05) is 36.1 Å². The van der Waals surface area contributed by atoms with Gasteiger partial charge in [0.05, 0.1) is 13.0 Å². The van der Waals surface area contributed by atoms with E-state index in [-0.39, 0.29) is 17.7 Å². The maximum Gasteiger partial charge on any atom is 0.226 e. The van der Waals surface area contributed by atoms with Crippen molar-refractivity contribution >= 4 is 11.7 Å². The summed E-state index contributed by atoms with van der Waals surface area (Å²) in [5.41, 5.74) is 1.14. The number of benzene rings is 1. The molecule has 21 heavy (non-hydrogen) atoms. The zero-order valence-electron chi connectivity index (χ0n) is 12.8. The minimum Gasteiger partial charge on any atom is -0.493 e. The fraction of sp³-hybridized carbons (Fsp3) is 0.529. The maximum atomic E-state index is 12.2. The number of Topliss-reactive ketones (excluding diaryl/α,β-unsaturated/α-hetero) is 1. The molecule has 1 fully saturated rings. The third-order valence-corrected chi connectivity index (χ3v) is 3.79. The summed E-state index contributed by atoms with van der Waals surface area (Å²) < 4.78 is 5.62. The number of nitrogens with zero attached hydrogens (tertiary/aromatic N) is 1. The van der Waals surface area contributed by atoms with Crippen molar-refractivity contribution in [3.05, 3.63) is 29.8 Å². The highest BCUT2D eigenvalue weighted by Gasteiger charge is 2.29. The molecule has 0 N–H and O–H groups in total. The lowest BCUT2D eigenvalue weighted by atomic mass is 10.1. The number of carbonyl (C=O) groups excluding carboxylic acids is 2. The molecule has 1 unspecified atom stereocenters. The molecule has 1 atom stereocenters. The first-order valence-corrected chi connectivity index (χ1v) is 7.54. The molecule has 1 amide bonds. The van der Waals surface area contributed by atoms with E-state index in [1.54, 1.807) is 6.92 Å². The Hall–Kier alpha value is -1.84. The Morgan fingerprint density at radius 1 is 1.38 bits per heavy atom. The van der Waals surface area contributed by atoms with Crippen LogP contribution in [0.4, 0.5) is 0 Å². The molecule has 4 heteroatoms. The molecule has 0 radical (unpaired) electrons. The molecule has 1 aromatic carbocycles. The van der Waals surface area contributed by atoms with Crippen molar-refractivity contribution < 1.29 is 14.3 Å². The van der Waals surface area contributed by atoms with Gasteiger partial charge >= 0.3 is 0 Å². The van der Waals surface area contributed by atoms with Gasteiger partial charge in [-0.3, -0.25) is 9.59 Å². The second-order valence-corrected chi connectivity index (χ2v) is 5.70. The fourth-order valence-electron chi connectivity index (χ4n) is 2.81. The van der Waals surface area contributed by atoms with E-state index in [0.717, 1.165) is 30.7 Å². The topological polar surface area (TPSA) is 46.6 Å². The van der Waals surface area contributed by atoms with Gasteiger partial charge in [-0.1, -0.05) is 12.1 Å². The number of amides is 1. The number of hydrogen-bond acceptors (Lipinski definition) is 3. The zero-order valence-corrected chi connectivity index (χ0v) is 12.8. The monoisotopic (exact) mass is 289 g/mol. The first-order valence-electron chi connectivity index (χ1n) is 7.54. The van der Waals surface area contributed by atoms with Gasteiger partial charge in [-0.05, 0) is 44.4 Å². The molecule has 2 rings (SSSR count). The van der Waals surface area contributed by atoms with Crippen molar-refractivity contribution in [2.75, 3.05) is 13.2 Å². The zero-order chi connectivity index (χ0) is 15.2. The Kier molecular flexibility index (Phi) is 5.37.